The fourth-order valence-corrected chi connectivity index (χ4v) is 10.9. The average Bonchev–Trinajstić information content (AvgIpc) is 3.55. The van der Waals surface area contributed by atoms with Crippen LogP contribution in [0.15, 0.2) is 23.0 Å². The van der Waals surface area contributed by atoms with Crippen molar-refractivity contribution in [2.45, 2.75) is 159 Å². The van der Waals surface area contributed by atoms with Crippen LogP contribution in [0.5, 0.6) is 11.8 Å². The van der Waals surface area contributed by atoms with Crippen molar-refractivity contribution in [3.8, 4) is 11.8 Å². The number of rotatable bonds is 9. The van der Waals surface area contributed by atoms with E-state index in [0.717, 1.165) is 51.4 Å². The van der Waals surface area contributed by atoms with Gasteiger partial charge < -0.3 is 29.7 Å². The van der Waals surface area contributed by atoms with E-state index in [4.69, 9.17) is 19.2 Å². The van der Waals surface area contributed by atoms with E-state index >= 15 is 0 Å². The molecule has 7 rings (SSSR count). The van der Waals surface area contributed by atoms with Gasteiger partial charge in [-0.25, -0.2) is 13.2 Å². The SMILES string of the molecule is CC[C@H](C)[C@@](C)(NC(=O)[C@@H]1C[C@@H]2CN1C(=O)[C@H](C1CCCC1)NC(=O)O[C@@H]1CCC[C@H]1CCCCCn1c(nc3cccc(OC)c3c1=O)O2)C(=O)NS(=O)(=O)C1CC1. The van der Waals surface area contributed by atoms with Gasteiger partial charge in [0, 0.05) is 13.0 Å². The molecule has 324 valence electrons. The molecule has 59 heavy (non-hydrogen) atoms. The molecule has 3 aliphatic carbocycles. The Morgan fingerprint density at radius 2 is 1.69 bits per heavy atom. The predicted octanol–water partition coefficient (Wildman–Crippen LogP) is 4.31. The fourth-order valence-electron chi connectivity index (χ4n) is 9.53. The Bertz CT molecular complexity index is 2080. The molecule has 3 heterocycles. The molecular weight excluding hydrogens is 781 g/mol. The first-order valence-electron chi connectivity index (χ1n) is 21.6. The van der Waals surface area contributed by atoms with E-state index in [1.54, 1.807) is 25.1 Å². The van der Waals surface area contributed by atoms with Crippen molar-refractivity contribution in [3.05, 3.63) is 28.6 Å². The Morgan fingerprint density at radius 1 is 0.983 bits per heavy atom. The first-order valence-corrected chi connectivity index (χ1v) is 23.2. The second-order valence-corrected chi connectivity index (χ2v) is 19.5. The summed E-state index contributed by atoms with van der Waals surface area (Å²) in [5, 5.41) is 5.46. The maximum atomic E-state index is 15.0. The van der Waals surface area contributed by atoms with Crippen LogP contribution < -0.4 is 30.4 Å². The highest BCUT2D eigenvalue weighted by molar-refractivity contribution is 7.91. The third-order valence-corrected chi connectivity index (χ3v) is 15.4. The molecule has 3 N–H and O–H groups in total. The third-order valence-electron chi connectivity index (χ3n) is 13.6. The topological polar surface area (TPSA) is 204 Å². The normalized spacial score (nSPS) is 27.5. The number of fused-ring (bicyclic) bond motifs is 5. The lowest BCUT2D eigenvalue weighted by atomic mass is 9.84. The molecule has 5 aliphatic rings. The second-order valence-electron chi connectivity index (χ2n) is 17.5. The quantitative estimate of drug-likeness (QED) is 0.325. The smallest absolute Gasteiger partial charge is 0.408 e. The number of carbonyl (C=O) groups is 4. The summed E-state index contributed by atoms with van der Waals surface area (Å²) >= 11 is 0. The zero-order chi connectivity index (χ0) is 42.1. The lowest BCUT2D eigenvalue weighted by molar-refractivity contribution is -0.143. The van der Waals surface area contributed by atoms with Crippen molar-refractivity contribution in [2.75, 3.05) is 13.7 Å². The summed E-state index contributed by atoms with van der Waals surface area (Å²) < 4.78 is 47.7. The van der Waals surface area contributed by atoms with Gasteiger partial charge in [-0.3, -0.25) is 28.5 Å². The highest BCUT2D eigenvalue weighted by atomic mass is 32.2. The van der Waals surface area contributed by atoms with Crippen molar-refractivity contribution in [1.82, 2.24) is 29.8 Å². The predicted molar refractivity (Wildman–Crippen MR) is 218 cm³/mol. The van der Waals surface area contributed by atoms with Crippen LogP contribution in [-0.2, 0) is 35.7 Å². The number of sulfonamides is 1. The van der Waals surface area contributed by atoms with E-state index < -0.39 is 68.7 Å². The van der Waals surface area contributed by atoms with Crippen LogP contribution >= 0.6 is 0 Å². The zero-order valence-electron chi connectivity index (χ0n) is 34.7. The van der Waals surface area contributed by atoms with Crippen molar-refractivity contribution in [1.29, 1.82) is 0 Å². The molecule has 2 bridgehead atoms. The maximum Gasteiger partial charge on any atom is 0.408 e. The van der Waals surface area contributed by atoms with Crippen LogP contribution in [0.3, 0.4) is 0 Å². The molecule has 7 atom stereocenters. The Balaban J connectivity index is 1.26. The van der Waals surface area contributed by atoms with E-state index in [1.165, 1.54) is 23.5 Å². The lowest BCUT2D eigenvalue weighted by Gasteiger charge is -2.37. The first-order chi connectivity index (χ1) is 28.2. The minimum atomic E-state index is -3.94. The van der Waals surface area contributed by atoms with Crippen molar-refractivity contribution in [2.24, 2.45) is 17.8 Å². The number of nitrogens with one attached hydrogen (secondary N) is 3. The molecule has 2 aromatic rings. The number of hydrogen-bond donors (Lipinski definition) is 3. The molecule has 3 saturated carbocycles. The minimum Gasteiger partial charge on any atom is -0.496 e. The van der Waals surface area contributed by atoms with E-state index in [2.05, 4.69) is 15.4 Å². The third kappa shape index (κ3) is 9.04. The first kappa shape index (κ1) is 42.7. The summed E-state index contributed by atoms with van der Waals surface area (Å²) in [6.45, 7) is 5.31. The Hall–Kier alpha value is -4.41. The molecule has 1 aromatic heterocycles. The molecule has 17 heteroatoms. The van der Waals surface area contributed by atoms with Gasteiger partial charge in [-0.05, 0) is 94.6 Å². The van der Waals surface area contributed by atoms with Crippen LogP contribution in [0.2, 0.25) is 0 Å². The maximum absolute atomic E-state index is 15.0. The van der Waals surface area contributed by atoms with E-state index in [9.17, 15) is 32.4 Å². The summed E-state index contributed by atoms with van der Waals surface area (Å²) in [5.74, 6) is -2.15. The van der Waals surface area contributed by atoms with Crippen LogP contribution in [0.4, 0.5) is 4.79 Å². The van der Waals surface area contributed by atoms with Crippen LogP contribution in [0, 0.1) is 17.8 Å². The van der Waals surface area contributed by atoms with Crippen molar-refractivity contribution < 1.29 is 41.8 Å². The standard InChI is InChI=1S/C42H60N6O10S/c1-5-25(2)42(3,39(52)46-59(54,55)29-20-21-29)45-36(49)31-23-28-24-48(31)38(51)35(27-14-8-9-15-27)44-41(53)58-32-18-11-16-26(32)13-7-6-10-22-47-37(50)34-30(43-40(47)57-28)17-12-19-33(34)56-4/h12,17,19,25-29,31-32,35H,5-11,13-16,18,20-24H2,1-4H3,(H,44,53)(H,45,49)(H,46,52)/t25-,26+,28+,31-,32+,35-,42+/m0/s1. The molecule has 4 fully saturated rings. The number of carbonyl (C=O) groups excluding carboxylic acids is 4. The summed E-state index contributed by atoms with van der Waals surface area (Å²) in [6.07, 6.45) is 8.49. The summed E-state index contributed by atoms with van der Waals surface area (Å²) in [6, 6.07) is 3.02. The molecule has 4 amide bonds. The van der Waals surface area contributed by atoms with Crippen LogP contribution in [-0.4, -0.2) is 95.4 Å². The molecule has 2 aliphatic heterocycles. The Morgan fingerprint density at radius 3 is 2.41 bits per heavy atom. The number of alkyl carbamates (subject to hydrolysis) is 1. The molecule has 0 radical (unpaired) electrons. The fraction of sp³-hybridized carbons (Fsp3) is 0.714. The van der Waals surface area contributed by atoms with E-state index in [0.29, 0.717) is 61.7 Å². The highest BCUT2D eigenvalue weighted by Crippen LogP contribution is 2.35. The van der Waals surface area contributed by atoms with Gasteiger partial charge in [-0.2, -0.15) is 4.98 Å². The average molecular weight is 841 g/mol. The molecule has 16 nitrogen and oxygen atoms in total. The van der Waals surface area contributed by atoms with Crippen LogP contribution in [0.1, 0.15) is 117 Å². The minimum absolute atomic E-state index is 0.0340. The van der Waals surface area contributed by atoms with Gasteiger partial charge in [0.1, 0.15) is 41.0 Å². The van der Waals surface area contributed by atoms with Crippen LogP contribution in [0.25, 0.3) is 10.9 Å². The lowest BCUT2D eigenvalue weighted by Crippen LogP contribution is -2.64. The number of amides is 4. The molecule has 1 aromatic carbocycles. The number of benzene rings is 1. The van der Waals surface area contributed by atoms with E-state index in [1.807, 2.05) is 6.92 Å². The van der Waals surface area contributed by atoms with Gasteiger partial charge in [-0.15, -0.1) is 0 Å². The number of hydrogen-bond acceptors (Lipinski definition) is 11. The second kappa shape index (κ2) is 17.7. The molecule has 0 spiro atoms. The summed E-state index contributed by atoms with van der Waals surface area (Å²) in [4.78, 5) is 77.6. The molecule has 0 unspecified atom stereocenters. The monoisotopic (exact) mass is 840 g/mol. The summed E-state index contributed by atoms with van der Waals surface area (Å²) in [7, 11) is -2.44. The van der Waals surface area contributed by atoms with Gasteiger partial charge in [0.05, 0.1) is 24.4 Å². The highest BCUT2D eigenvalue weighted by Gasteiger charge is 2.50. The van der Waals surface area contributed by atoms with Crippen molar-refractivity contribution >= 4 is 44.7 Å². The zero-order valence-corrected chi connectivity index (χ0v) is 35.5. The van der Waals surface area contributed by atoms with Gasteiger partial charge in [0.15, 0.2) is 0 Å². The number of nitrogens with zero attached hydrogens (tertiary/aromatic N) is 3. The molecular formula is C42H60N6O10S. The Kier molecular flexibility index (Phi) is 12.8. The van der Waals surface area contributed by atoms with E-state index in [-0.39, 0.29) is 42.5 Å². The number of methoxy groups -OCH3 is 1. The number of ether oxygens (including phenoxy) is 3. The number of aromatic nitrogens is 2. The van der Waals surface area contributed by atoms with Gasteiger partial charge >= 0.3 is 6.09 Å². The van der Waals surface area contributed by atoms with Gasteiger partial charge in [-0.1, -0.05) is 52.0 Å². The summed E-state index contributed by atoms with van der Waals surface area (Å²) in [5.41, 5.74) is -1.63. The van der Waals surface area contributed by atoms with Crippen molar-refractivity contribution in [3.63, 3.8) is 0 Å². The van der Waals surface area contributed by atoms with Gasteiger partial charge in [0.25, 0.3) is 17.5 Å². The Labute approximate surface area is 345 Å². The molecule has 1 saturated heterocycles. The largest absolute Gasteiger partial charge is 0.496 e. The van der Waals surface area contributed by atoms with Gasteiger partial charge in [0.2, 0.25) is 21.8 Å².